The van der Waals surface area contributed by atoms with Crippen molar-refractivity contribution in [1.29, 1.82) is 0 Å². The van der Waals surface area contributed by atoms with Crippen molar-refractivity contribution in [2.45, 2.75) is 26.2 Å². The summed E-state index contributed by atoms with van der Waals surface area (Å²) >= 11 is 0. The van der Waals surface area contributed by atoms with Gasteiger partial charge >= 0.3 is 5.97 Å². The van der Waals surface area contributed by atoms with E-state index in [2.05, 4.69) is 11.9 Å². The number of hydrogen-bond donors (Lipinski definition) is 1. The lowest BCUT2D eigenvalue weighted by Crippen LogP contribution is -2.36. The summed E-state index contributed by atoms with van der Waals surface area (Å²) in [6, 6.07) is 10.8. The Morgan fingerprint density at radius 3 is 2.65 bits per heavy atom. The third-order valence-electron chi connectivity index (χ3n) is 4.32. The number of anilines is 1. The summed E-state index contributed by atoms with van der Waals surface area (Å²) < 4.78 is 0. The van der Waals surface area contributed by atoms with Crippen molar-refractivity contribution in [1.82, 2.24) is 4.98 Å². The zero-order valence-electron chi connectivity index (χ0n) is 13.1. The summed E-state index contributed by atoms with van der Waals surface area (Å²) in [4.78, 5) is 29.8. The highest BCUT2D eigenvalue weighted by Gasteiger charge is 2.27. The Morgan fingerprint density at radius 2 is 1.96 bits per heavy atom. The highest BCUT2D eigenvalue weighted by molar-refractivity contribution is 6.06. The molecular weight excluding hydrogens is 292 g/mol. The lowest BCUT2D eigenvalue weighted by Gasteiger charge is -2.32. The van der Waals surface area contributed by atoms with E-state index in [1.807, 2.05) is 24.3 Å². The van der Waals surface area contributed by atoms with Gasteiger partial charge in [-0.25, -0.2) is 9.78 Å². The second-order valence-corrected chi connectivity index (χ2v) is 5.84. The molecule has 0 saturated carbocycles. The zero-order valence-corrected chi connectivity index (χ0v) is 13.1. The van der Waals surface area contributed by atoms with Gasteiger partial charge in [0, 0.05) is 12.2 Å². The number of fused-ring (bicyclic) bond motifs is 1. The molecule has 0 saturated heterocycles. The number of pyridine rings is 1. The van der Waals surface area contributed by atoms with Crippen molar-refractivity contribution in [3.05, 3.63) is 58.9 Å². The van der Waals surface area contributed by atoms with E-state index in [1.165, 1.54) is 12.1 Å². The molecule has 23 heavy (non-hydrogen) atoms. The van der Waals surface area contributed by atoms with Crippen LogP contribution in [0.2, 0.25) is 0 Å². The van der Waals surface area contributed by atoms with Crippen LogP contribution >= 0.6 is 0 Å². The molecular formula is C18H18N2O3. The van der Waals surface area contributed by atoms with Gasteiger partial charge in [0.25, 0.3) is 5.91 Å². The molecule has 0 spiro atoms. The Labute approximate surface area is 134 Å². The molecule has 1 atom stereocenters. The average Bonchev–Trinajstić information content (AvgIpc) is 2.54. The summed E-state index contributed by atoms with van der Waals surface area (Å²) in [7, 11) is 0. The van der Waals surface area contributed by atoms with E-state index in [4.69, 9.17) is 5.11 Å². The zero-order chi connectivity index (χ0) is 16.6. The predicted octanol–water partition coefficient (Wildman–Crippen LogP) is 3.24. The molecule has 0 aliphatic carbocycles. The molecule has 3 rings (SSSR count). The van der Waals surface area contributed by atoms with Gasteiger partial charge in [-0.1, -0.05) is 25.1 Å². The number of carbonyl (C=O) groups excluding carboxylic acids is 1. The fourth-order valence-corrected chi connectivity index (χ4v) is 3.00. The molecule has 5 heteroatoms. The van der Waals surface area contributed by atoms with Gasteiger partial charge in [-0.3, -0.25) is 4.79 Å². The third-order valence-corrected chi connectivity index (χ3v) is 4.32. The standard InChI is InChI=1S/C18H18N2O3/c1-11-9-10-20(16-6-4-3-5-13(11)16)17(21)15-8-7-14(18(22)23)12(2)19-15/h3-8,11H,9-10H2,1-2H3,(H,22,23). The number of benzene rings is 1. The van der Waals surface area contributed by atoms with Gasteiger partial charge in [0.15, 0.2) is 0 Å². The quantitative estimate of drug-likeness (QED) is 0.924. The molecule has 0 bridgehead atoms. The van der Waals surface area contributed by atoms with E-state index < -0.39 is 5.97 Å². The number of carboxylic acid groups (broad SMARTS) is 1. The number of aromatic nitrogens is 1. The maximum absolute atomic E-state index is 12.8. The maximum atomic E-state index is 12.8. The molecule has 0 radical (unpaired) electrons. The van der Waals surface area contributed by atoms with E-state index in [-0.39, 0.29) is 17.2 Å². The topological polar surface area (TPSA) is 70.5 Å². The predicted molar refractivity (Wildman–Crippen MR) is 87.1 cm³/mol. The average molecular weight is 310 g/mol. The van der Waals surface area contributed by atoms with Crippen molar-refractivity contribution < 1.29 is 14.7 Å². The van der Waals surface area contributed by atoms with Crippen LogP contribution in [0.25, 0.3) is 0 Å². The summed E-state index contributed by atoms with van der Waals surface area (Å²) in [6.07, 6.45) is 0.898. The van der Waals surface area contributed by atoms with E-state index in [0.29, 0.717) is 18.2 Å². The molecule has 0 fully saturated rings. The Balaban J connectivity index is 1.97. The van der Waals surface area contributed by atoms with Crippen LogP contribution in [0.1, 0.15) is 51.4 Å². The maximum Gasteiger partial charge on any atom is 0.337 e. The minimum atomic E-state index is -1.04. The van der Waals surface area contributed by atoms with E-state index in [9.17, 15) is 9.59 Å². The molecule has 1 aliphatic heterocycles. The number of carbonyl (C=O) groups is 2. The van der Waals surface area contributed by atoms with Crippen LogP contribution in [-0.2, 0) is 0 Å². The lowest BCUT2D eigenvalue weighted by molar-refractivity contribution is 0.0695. The van der Waals surface area contributed by atoms with E-state index in [0.717, 1.165) is 17.7 Å². The number of amides is 1. The van der Waals surface area contributed by atoms with Crippen molar-refractivity contribution in [2.24, 2.45) is 0 Å². The van der Waals surface area contributed by atoms with Crippen molar-refractivity contribution in [3.63, 3.8) is 0 Å². The first-order valence-corrected chi connectivity index (χ1v) is 7.60. The fraction of sp³-hybridized carbons (Fsp3) is 0.278. The molecule has 5 nitrogen and oxygen atoms in total. The molecule has 1 N–H and O–H groups in total. The number of para-hydroxylation sites is 1. The minimum absolute atomic E-state index is 0.120. The van der Waals surface area contributed by atoms with Crippen LogP contribution in [0.3, 0.4) is 0 Å². The van der Waals surface area contributed by atoms with Crippen molar-refractivity contribution in [3.8, 4) is 0 Å². The van der Waals surface area contributed by atoms with Crippen LogP contribution < -0.4 is 4.90 Å². The summed E-state index contributed by atoms with van der Waals surface area (Å²) in [6.45, 7) is 4.40. The van der Waals surface area contributed by atoms with Gasteiger partial charge in [-0.05, 0) is 43.0 Å². The summed E-state index contributed by atoms with van der Waals surface area (Å²) in [5.41, 5.74) is 2.82. The number of carboxylic acids is 1. The summed E-state index contributed by atoms with van der Waals surface area (Å²) in [5, 5.41) is 9.07. The van der Waals surface area contributed by atoms with Gasteiger partial charge in [0.1, 0.15) is 5.69 Å². The van der Waals surface area contributed by atoms with E-state index in [1.54, 1.807) is 11.8 Å². The highest BCUT2D eigenvalue weighted by Crippen LogP contribution is 2.35. The van der Waals surface area contributed by atoms with Crippen LogP contribution in [0.4, 0.5) is 5.69 Å². The second-order valence-electron chi connectivity index (χ2n) is 5.84. The Hall–Kier alpha value is -2.69. The third kappa shape index (κ3) is 2.70. The first-order chi connectivity index (χ1) is 11.0. The van der Waals surface area contributed by atoms with Crippen LogP contribution in [-0.4, -0.2) is 28.5 Å². The molecule has 1 unspecified atom stereocenters. The number of nitrogens with zero attached hydrogens (tertiary/aromatic N) is 2. The molecule has 2 heterocycles. The van der Waals surface area contributed by atoms with Crippen LogP contribution in [0.15, 0.2) is 36.4 Å². The number of rotatable bonds is 2. The van der Waals surface area contributed by atoms with Gasteiger partial charge < -0.3 is 10.0 Å². The fourth-order valence-electron chi connectivity index (χ4n) is 3.00. The molecule has 1 aromatic carbocycles. The minimum Gasteiger partial charge on any atom is -0.478 e. The lowest BCUT2D eigenvalue weighted by atomic mass is 9.91. The normalized spacial score (nSPS) is 16.8. The SMILES string of the molecule is Cc1nc(C(=O)N2CCC(C)c3ccccc32)ccc1C(=O)O. The highest BCUT2D eigenvalue weighted by atomic mass is 16.4. The molecule has 2 aromatic rings. The van der Waals surface area contributed by atoms with Crippen LogP contribution in [0, 0.1) is 6.92 Å². The largest absolute Gasteiger partial charge is 0.478 e. The van der Waals surface area contributed by atoms with Gasteiger partial charge in [-0.15, -0.1) is 0 Å². The molecule has 1 aromatic heterocycles. The molecule has 118 valence electrons. The number of aryl methyl sites for hydroxylation is 1. The molecule has 1 amide bonds. The Kier molecular flexibility index (Phi) is 3.86. The first kappa shape index (κ1) is 15.2. The smallest absolute Gasteiger partial charge is 0.337 e. The summed E-state index contributed by atoms with van der Waals surface area (Å²) in [5.74, 6) is -0.810. The van der Waals surface area contributed by atoms with Gasteiger partial charge in [0.2, 0.25) is 0 Å². The monoisotopic (exact) mass is 310 g/mol. The second kappa shape index (κ2) is 5.83. The van der Waals surface area contributed by atoms with Crippen molar-refractivity contribution in [2.75, 3.05) is 11.4 Å². The number of aromatic carboxylic acids is 1. The van der Waals surface area contributed by atoms with Gasteiger partial charge in [0.05, 0.1) is 11.3 Å². The Morgan fingerprint density at radius 1 is 1.22 bits per heavy atom. The molecule has 1 aliphatic rings. The van der Waals surface area contributed by atoms with E-state index >= 15 is 0 Å². The Bertz CT molecular complexity index is 786. The van der Waals surface area contributed by atoms with Crippen molar-refractivity contribution >= 4 is 17.6 Å². The van der Waals surface area contributed by atoms with Gasteiger partial charge in [-0.2, -0.15) is 0 Å². The first-order valence-electron chi connectivity index (χ1n) is 7.60. The number of hydrogen-bond acceptors (Lipinski definition) is 3. The van der Waals surface area contributed by atoms with Crippen LogP contribution in [0.5, 0.6) is 0 Å².